The van der Waals surface area contributed by atoms with E-state index >= 15 is 0 Å². The van der Waals surface area contributed by atoms with Crippen molar-refractivity contribution in [2.75, 3.05) is 36.9 Å². The van der Waals surface area contributed by atoms with E-state index in [1.165, 1.54) is 6.33 Å². The Morgan fingerprint density at radius 1 is 1.12 bits per heavy atom. The molecule has 1 aliphatic carbocycles. The van der Waals surface area contributed by atoms with E-state index in [4.69, 9.17) is 16.1 Å². The molecule has 1 amide bonds. The zero-order valence-corrected chi connectivity index (χ0v) is 18.9. The highest BCUT2D eigenvalue weighted by Gasteiger charge is 2.30. The minimum absolute atomic E-state index is 0.0941. The van der Waals surface area contributed by atoms with E-state index in [1.807, 2.05) is 29.2 Å². The SMILES string of the molecule is C#Cc1cccc(Nc2ncnc3cnc(NC4CCC(C(=O)N5CCOCC5)CC4)nc23)c1. The number of carbonyl (C=O) groups excluding carboxylic acids is 1. The molecule has 2 N–H and O–H groups in total. The van der Waals surface area contributed by atoms with E-state index in [0.29, 0.717) is 49.1 Å². The van der Waals surface area contributed by atoms with Crippen LogP contribution in [-0.2, 0) is 9.53 Å². The van der Waals surface area contributed by atoms with Crippen molar-refractivity contribution in [3.63, 3.8) is 0 Å². The van der Waals surface area contributed by atoms with Crippen LogP contribution in [0.1, 0.15) is 31.2 Å². The van der Waals surface area contributed by atoms with Crippen LogP contribution in [0.4, 0.5) is 17.5 Å². The highest BCUT2D eigenvalue weighted by molar-refractivity contribution is 5.87. The molecular formula is C25H27N7O2. The fourth-order valence-corrected chi connectivity index (χ4v) is 4.55. The van der Waals surface area contributed by atoms with Crippen LogP contribution < -0.4 is 10.6 Å². The van der Waals surface area contributed by atoms with Crippen LogP contribution in [0.15, 0.2) is 36.8 Å². The number of terminal acetylenes is 1. The highest BCUT2D eigenvalue weighted by Crippen LogP contribution is 2.29. The molecule has 1 aromatic carbocycles. The van der Waals surface area contributed by atoms with Gasteiger partial charge in [-0.05, 0) is 43.9 Å². The molecule has 1 aliphatic heterocycles. The number of morpholine rings is 1. The fourth-order valence-electron chi connectivity index (χ4n) is 4.55. The van der Waals surface area contributed by atoms with Crippen molar-refractivity contribution < 1.29 is 9.53 Å². The number of fused-ring (bicyclic) bond motifs is 1. The molecule has 0 radical (unpaired) electrons. The topological polar surface area (TPSA) is 105 Å². The largest absolute Gasteiger partial charge is 0.378 e. The first kappa shape index (κ1) is 22.0. The second kappa shape index (κ2) is 10.0. The summed E-state index contributed by atoms with van der Waals surface area (Å²) in [4.78, 5) is 32.5. The monoisotopic (exact) mass is 457 g/mol. The second-order valence-electron chi connectivity index (χ2n) is 8.63. The Balaban J connectivity index is 1.25. The number of aromatic nitrogens is 4. The Morgan fingerprint density at radius 2 is 1.94 bits per heavy atom. The summed E-state index contributed by atoms with van der Waals surface area (Å²) < 4.78 is 5.36. The van der Waals surface area contributed by atoms with E-state index in [-0.39, 0.29) is 17.9 Å². The number of amides is 1. The van der Waals surface area contributed by atoms with Crippen molar-refractivity contribution in [3.8, 4) is 12.3 Å². The van der Waals surface area contributed by atoms with Crippen molar-refractivity contribution >= 4 is 34.4 Å². The highest BCUT2D eigenvalue weighted by atomic mass is 16.5. The molecule has 0 spiro atoms. The van der Waals surface area contributed by atoms with E-state index in [1.54, 1.807) is 6.20 Å². The van der Waals surface area contributed by atoms with Crippen LogP contribution in [0.5, 0.6) is 0 Å². The third kappa shape index (κ3) is 4.92. The minimum atomic E-state index is 0.0941. The van der Waals surface area contributed by atoms with Gasteiger partial charge in [0.15, 0.2) is 5.82 Å². The van der Waals surface area contributed by atoms with Gasteiger partial charge in [0.1, 0.15) is 17.4 Å². The van der Waals surface area contributed by atoms with Crippen molar-refractivity contribution in [3.05, 3.63) is 42.4 Å². The summed E-state index contributed by atoms with van der Waals surface area (Å²) >= 11 is 0. The van der Waals surface area contributed by atoms with Gasteiger partial charge in [-0.25, -0.2) is 19.9 Å². The molecule has 9 nitrogen and oxygen atoms in total. The molecule has 1 saturated heterocycles. The molecule has 2 aromatic heterocycles. The number of hydrogen-bond acceptors (Lipinski definition) is 8. The molecule has 34 heavy (non-hydrogen) atoms. The second-order valence-corrected chi connectivity index (χ2v) is 8.63. The van der Waals surface area contributed by atoms with Crippen LogP contribution >= 0.6 is 0 Å². The standard InChI is InChI=1S/C25H27N7O2/c1-2-17-4-3-5-20(14-17)29-23-22-21(27-16-28-23)15-26-25(31-22)30-19-8-6-18(7-9-19)24(33)32-10-12-34-13-11-32/h1,3-5,14-16,18-19H,6-13H2,(H,26,30,31)(H,27,28,29). The summed E-state index contributed by atoms with van der Waals surface area (Å²) in [7, 11) is 0. The van der Waals surface area contributed by atoms with Gasteiger partial charge in [-0.3, -0.25) is 4.79 Å². The Kier molecular flexibility index (Phi) is 6.49. The van der Waals surface area contributed by atoms with Crippen molar-refractivity contribution in [2.45, 2.75) is 31.7 Å². The molecule has 174 valence electrons. The van der Waals surface area contributed by atoms with Gasteiger partial charge in [-0.2, -0.15) is 0 Å². The van der Waals surface area contributed by atoms with Crippen LogP contribution in [0.2, 0.25) is 0 Å². The van der Waals surface area contributed by atoms with E-state index < -0.39 is 0 Å². The van der Waals surface area contributed by atoms with Gasteiger partial charge >= 0.3 is 0 Å². The summed E-state index contributed by atoms with van der Waals surface area (Å²) in [6, 6.07) is 7.79. The Labute approximate surface area is 198 Å². The van der Waals surface area contributed by atoms with Crippen LogP contribution in [0.3, 0.4) is 0 Å². The van der Waals surface area contributed by atoms with Gasteiger partial charge in [-0.1, -0.05) is 12.0 Å². The molecule has 0 atom stereocenters. The number of nitrogens with zero attached hydrogens (tertiary/aromatic N) is 5. The number of nitrogens with one attached hydrogen (secondary N) is 2. The average molecular weight is 458 g/mol. The molecule has 5 rings (SSSR count). The summed E-state index contributed by atoms with van der Waals surface area (Å²) in [6.45, 7) is 2.68. The number of rotatable bonds is 5. The Hall–Kier alpha value is -3.77. The molecule has 0 unspecified atom stereocenters. The maximum absolute atomic E-state index is 12.8. The predicted molar refractivity (Wildman–Crippen MR) is 130 cm³/mol. The molecule has 2 fully saturated rings. The molecule has 2 aliphatic rings. The Morgan fingerprint density at radius 3 is 2.74 bits per heavy atom. The van der Waals surface area contributed by atoms with E-state index in [2.05, 4.69) is 31.5 Å². The zero-order chi connectivity index (χ0) is 23.3. The summed E-state index contributed by atoms with van der Waals surface area (Å²) in [6.07, 6.45) is 12.2. The van der Waals surface area contributed by atoms with Crippen molar-refractivity contribution in [1.82, 2.24) is 24.8 Å². The van der Waals surface area contributed by atoms with Crippen LogP contribution in [-0.4, -0.2) is 63.1 Å². The molecule has 1 saturated carbocycles. The number of ether oxygens (including phenoxy) is 1. The van der Waals surface area contributed by atoms with Gasteiger partial charge in [0.05, 0.1) is 19.4 Å². The van der Waals surface area contributed by atoms with Crippen molar-refractivity contribution in [1.29, 1.82) is 0 Å². The lowest BCUT2D eigenvalue weighted by Gasteiger charge is -2.34. The average Bonchev–Trinajstić information content (AvgIpc) is 2.90. The minimum Gasteiger partial charge on any atom is -0.378 e. The molecule has 9 heteroatoms. The molecule has 0 bridgehead atoms. The normalized spacial score (nSPS) is 20.5. The lowest BCUT2D eigenvalue weighted by atomic mass is 9.85. The lowest BCUT2D eigenvalue weighted by Crippen LogP contribution is -2.45. The van der Waals surface area contributed by atoms with Gasteiger partial charge in [0.2, 0.25) is 11.9 Å². The number of benzene rings is 1. The van der Waals surface area contributed by atoms with Crippen LogP contribution in [0, 0.1) is 18.3 Å². The molecule has 3 aromatic rings. The van der Waals surface area contributed by atoms with Crippen LogP contribution in [0.25, 0.3) is 11.0 Å². The van der Waals surface area contributed by atoms with Gasteiger partial charge in [0, 0.05) is 36.3 Å². The number of anilines is 3. The Bertz CT molecular complexity index is 1210. The van der Waals surface area contributed by atoms with Crippen molar-refractivity contribution in [2.24, 2.45) is 5.92 Å². The maximum atomic E-state index is 12.8. The third-order valence-corrected chi connectivity index (χ3v) is 6.40. The third-order valence-electron chi connectivity index (χ3n) is 6.40. The number of hydrogen-bond donors (Lipinski definition) is 2. The quantitative estimate of drug-likeness (QED) is 0.564. The lowest BCUT2D eigenvalue weighted by molar-refractivity contribution is -0.140. The molecular weight excluding hydrogens is 430 g/mol. The molecule has 3 heterocycles. The smallest absolute Gasteiger partial charge is 0.225 e. The maximum Gasteiger partial charge on any atom is 0.225 e. The summed E-state index contributed by atoms with van der Waals surface area (Å²) in [5.41, 5.74) is 2.88. The first-order valence-corrected chi connectivity index (χ1v) is 11.6. The van der Waals surface area contributed by atoms with Gasteiger partial charge < -0.3 is 20.3 Å². The summed E-state index contributed by atoms with van der Waals surface area (Å²) in [5, 5.41) is 6.73. The first-order valence-electron chi connectivity index (χ1n) is 11.6. The van der Waals surface area contributed by atoms with E-state index in [9.17, 15) is 4.79 Å². The van der Waals surface area contributed by atoms with Gasteiger partial charge in [-0.15, -0.1) is 6.42 Å². The fraction of sp³-hybridized carbons (Fsp3) is 0.400. The van der Waals surface area contributed by atoms with E-state index in [0.717, 1.165) is 36.9 Å². The number of carbonyl (C=O) groups is 1. The van der Waals surface area contributed by atoms with Gasteiger partial charge in [0.25, 0.3) is 0 Å². The summed E-state index contributed by atoms with van der Waals surface area (Å²) in [5.74, 6) is 4.12. The first-order chi connectivity index (χ1) is 16.7. The predicted octanol–water partition coefficient (Wildman–Crippen LogP) is 2.97. The zero-order valence-electron chi connectivity index (χ0n) is 18.9.